The zero-order chi connectivity index (χ0) is 12.0. The number of hydrogen-bond donors (Lipinski definition) is 0. The number of nitriles is 1. The number of carbonyl (C=O) groups excluding carboxylic acids is 1. The first-order valence-corrected chi connectivity index (χ1v) is 6.02. The van der Waals surface area contributed by atoms with Crippen molar-refractivity contribution in [3.8, 4) is 6.07 Å². The lowest BCUT2D eigenvalue weighted by molar-refractivity contribution is -0.139. The van der Waals surface area contributed by atoms with Gasteiger partial charge in [0.25, 0.3) is 0 Å². The van der Waals surface area contributed by atoms with Crippen LogP contribution in [-0.2, 0) is 9.53 Å². The topological polar surface area (TPSA) is 50.1 Å². The molecule has 1 rings (SSSR count). The van der Waals surface area contributed by atoms with Gasteiger partial charge in [0.05, 0.1) is 22.9 Å². The van der Waals surface area contributed by atoms with E-state index in [2.05, 4.69) is 0 Å². The van der Waals surface area contributed by atoms with E-state index in [9.17, 15) is 4.79 Å². The Morgan fingerprint density at radius 1 is 1.62 bits per heavy atom. The quantitative estimate of drug-likeness (QED) is 0.613. The molecule has 0 aliphatic heterocycles. The zero-order valence-electron chi connectivity index (χ0n) is 8.70. The van der Waals surface area contributed by atoms with Crippen LogP contribution in [0.5, 0.6) is 0 Å². The summed E-state index contributed by atoms with van der Waals surface area (Å²) in [4.78, 5) is 11.8. The maximum absolute atomic E-state index is 11.1. The van der Waals surface area contributed by atoms with Crippen LogP contribution in [0.1, 0.15) is 12.5 Å². The summed E-state index contributed by atoms with van der Waals surface area (Å²) in [7, 11) is 0. The van der Waals surface area contributed by atoms with Crippen LogP contribution in [0.4, 0.5) is 0 Å². The van der Waals surface area contributed by atoms with Crippen molar-refractivity contribution in [1.82, 2.24) is 0 Å². The fraction of sp³-hybridized carbons (Fsp3) is 0.273. The predicted molar refractivity (Wildman–Crippen MR) is 63.5 cm³/mol. The highest BCUT2D eigenvalue weighted by molar-refractivity contribution is 8.00. The molecule has 0 radical (unpaired) electrons. The van der Waals surface area contributed by atoms with Crippen LogP contribution in [-0.4, -0.2) is 18.3 Å². The molecule has 0 aliphatic rings. The second-order valence-corrected chi connectivity index (χ2v) is 4.24. The van der Waals surface area contributed by atoms with E-state index in [1.54, 1.807) is 25.1 Å². The van der Waals surface area contributed by atoms with E-state index in [-0.39, 0.29) is 11.7 Å². The molecule has 3 nitrogen and oxygen atoms in total. The third kappa shape index (κ3) is 3.44. The van der Waals surface area contributed by atoms with Crippen molar-refractivity contribution in [2.75, 3.05) is 12.4 Å². The van der Waals surface area contributed by atoms with E-state index in [1.807, 2.05) is 6.07 Å². The Bertz CT molecular complexity index is 428. The second-order valence-electron chi connectivity index (χ2n) is 2.82. The van der Waals surface area contributed by atoms with E-state index in [0.29, 0.717) is 22.1 Å². The number of esters is 1. The van der Waals surface area contributed by atoms with Gasteiger partial charge in [-0.25, -0.2) is 0 Å². The molecule has 1 aromatic rings. The first-order valence-electron chi connectivity index (χ1n) is 4.66. The minimum absolute atomic E-state index is 0.183. The molecule has 0 fully saturated rings. The molecular formula is C11H10ClNO2S. The number of halogens is 1. The summed E-state index contributed by atoms with van der Waals surface area (Å²) in [5.41, 5.74) is 0.401. The molecular weight excluding hydrogens is 246 g/mol. The molecule has 0 saturated carbocycles. The van der Waals surface area contributed by atoms with Crippen LogP contribution in [0.25, 0.3) is 0 Å². The first-order chi connectivity index (χ1) is 7.69. The van der Waals surface area contributed by atoms with Gasteiger partial charge >= 0.3 is 5.97 Å². The smallest absolute Gasteiger partial charge is 0.316 e. The summed E-state index contributed by atoms with van der Waals surface area (Å²) < 4.78 is 4.79. The summed E-state index contributed by atoms with van der Waals surface area (Å²) in [5, 5.41) is 9.30. The van der Waals surface area contributed by atoms with Gasteiger partial charge in [-0.2, -0.15) is 5.26 Å². The van der Waals surface area contributed by atoms with Gasteiger partial charge in [-0.1, -0.05) is 17.7 Å². The van der Waals surface area contributed by atoms with Crippen molar-refractivity contribution in [2.24, 2.45) is 0 Å². The van der Waals surface area contributed by atoms with Crippen molar-refractivity contribution in [2.45, 2.75) is 11.8 Å². The van der Waals surface area contributed by atoms with Gasteiger partial charge < -0.3 is 4.74 Å². The number of nitrogens with zero attached hydrogens (tertiary/aromatic N) is 1. The summed E-state index contributed by atoms with van der Waals surface area (Å²) in [6, 6.07) is 7.17. The standard InChI is InChI=1S/C11H10ClNO2S/c1-2-15-11(14)7-16-10-5-3-4-9(12)8(10)6-13/h3-5H,2,7H2,1H3. The molecule has 1 aromatic carbocycles. The molecule has 0 aliphatic carbocycles. The molecule has 0 aromatic heterocycles. The minimum atomic E-state index is -0.295. The Morgan fingerprint density at radius 3 is 3.00 bits per heavy atom. The van der Waals surface area contributed by atoms with Crippen LogP contribution in [0.15, 0.2) is 23.1 Å². The van der Waals surface area contributed by atoms with Crippen LogP contribution in [0, 0.1) is 11.3 Å². The summed E-state index contributed by atoms with van der Waals surface area (Å²) in [6.07, 6.45) is 0. The zero-order valence-corrected chi connectivity index (χ0v) is 10.3. The lowest BCUT2D eigenvalue weighted by Gasteiger charge is -2.04. The third-order valence-corrected chi connectivity index (χ3v) is 3.08. The van der Waals surface area contributed by atoms with Crippen LogP contribution in [0.3, 0.4) is 0 Å². The van der Waals surface area contributed by atoms with E-state index < -0.39 is 0 Å². The average molecular weight is 256 g/mol. The van der Waals surface area contributed by atoms with Crippen LogP contribution in [0.2, 0.25) is 5.02 Å². The molecule has 0 amide bonds. The molecule has 0 heterocycles. The summed E-state index contributed by atoms with van der Waals surface area (Å²) in [6.45, 7) is 2.11. The SMILES string of the molecule is CCOC(=O)CSc1cccc(Cl)c1C#N. The molecule has 0 unspecified atom stereocenters. The summed E-state index contributed by atoms with van der Waals surface area (Å²) in [5.74, 6) is -0.112. The molecule has 0 saturated heterocycles. The molecule has 0 atom stereocenters. The lowest BCUT2D eigenvalue weighted by atomic mass is 10.2. The normalized spacial score (nSPS) is 9.56. The van der Waals surface area contributed by atoms with E-state index >= 15 is 0 Å². The van der Waals surface area contributed by atoms with E-state index in [0.717, 1.165) is 0 Å². The van der Waals surface area contributed by atoms with Gasteiger partial charge in [-0.3, -0.25) is 4.79 Å². The fourth-order valence-electron chi connectivity index (χ4n) is 1.07. The van der Waals surface area contributed by atoms with Crippen molar-refractivity contribution in [3.63, 3.8) is 0 Å². The van der Waals surface area contributed by atoms with E-state index in [1.165, 1.54) is 11.8 Å². The Kier molecular flexibility index (Phi) is 5.17. The number of hydrogen-bond acceptors (Lipinski definition) is 4. The minimum Gasteiger partial charge on any atom is -0.465 e. The number of rotatable bonds is 4. The molecule has 0 bridgehead atoms. The van der Waals surface area contributed by atoms with E-state index in [4.69, 9.17) is 21.6 Å². The highest BCUT2D eigenvalue weighted by Crippen LogP contribution is 2.27. The predicted octanol–water partition coefficient (Wildman–Crippen LogP) is 2.87. The van der Waals surface area contributed by atoms with Crippen LogP contribution < -0.4 is 0 Å². The Morgan fingerprint density at radius 2 is 2.38 bits per heavy atom. The van der Waals surface area contributed by atoms with Gasteiger partial charge in [0.2, 0.25) is 0 Å². The fourth-order valence-corrected chi connectivity index (χ4v) is 2.18. The monoisotopic (exact) mass is 255 g/mol. The average Bonchev–Trinajstić information content (AvgIpc) is 2.27. The van der Waals surface area contributed by atoms with Gasteiger partial charge in [0, 0.05) is 4.90 Å². The third-order valence-electron chi connectivity index (χ3n) is 1.74. The number of ether oxygens (including phenoxy) is 1. The second kappa shape index (κ2) is 6.41. The lowest BCUT2D eigenvalue weighted by Crippen LogP contribution is -2.06. The van der Waals surface area contributed by atoms with Crippen LogP contribution >= 0.6 is 23.4 Å². The van der Waals surface area contributed by atoms with Crippen molar-refractivity contribution in [1.29, 1.82) is 5.26 Å². The number of carbonyl (C=O) groups is 1. The molecule has 5 heteroatoms. The number of benzene rings is 1. The van der Waals surface area contributed by atoms with Gasteiger partial charge in [-0.15, -0.1) is 11.8 Å². The summed E-state index contributed by atoms with van der Waals surface area (Å²) >= 11 is 7.11. The molecule has 16 heavy (non-hydrogen) atoms. The molecule has 0 spiro atoms. The van der Waals surface area contributed by atoms with Crippen molar-refractivity contribution < 1.29 is 9.53 Å². The molecule has 84 valence electrons. The largest absolute Gasteiger partial charge is 0.465 e. The Hall–Kier alpha value is -1.18. The van der Waals surface area contributed by atoms with Crippen molar-refractivity contribution >= 4 is 29.3 Å². The highest BCUT2D eigenvalue weighted by Gasteiger charge is 2.09. The maximum Gasteiger partial charge on any atom is 0.316 e. The highest BCUT2D eigenvalue weighted by atomic mass is 35.5. The maximum atomic E-state index is 11.1. The Balaban J connectivity index is 2.71. The molecule has 0 N–H and O–H groups in total. The van der Waals surface area contributed by atoms with Gasteiger partial charge in [-0.05, 0) is 19.1 Å². The first kappa shape index (κ1) is 12.9. The van der Waals surface area contributed by atoms with Gasteiger partial charge in [0.1, 0.15) is 6.07 Å². The van der Waals surface area contributed by atoms with Crippen molar-refractivity contribution in [3.05, 3.63) is 28.8 Å². The van der Waals surface area contributed by atoms with Gasteiger partial charge in [0.15, 0.2) is 0 Å². The number of thioether (sulfide) groups is 1. The Labute approximate surface area is 103 Å².